The molecule has 0 rings (SSSR count). The molecule has 0 fully saturated rings. The van der Waals surface area contributed by atoms with Crippen LogP contribution in [0.5, 0.6) is 0 Å². The van der Waals surface area contributed by atoms with Crippen LogP contribution in [0.3, 0.4) is 0 Å². The Hall–Kier alpha value is -0.393. The van der Waals surface area contributed by atoms with E-state index in [1.54, 1.807) is 7.05 Å². The predicted octanol–water partition coefficient (Wildman–Crippen LogP) is 3.69. The van der Waals surface area contributed by atoms with Crippen molar-refractivity contribution >= 4 is 14.2 Å². The second-order valence-corrected chi connectivity index (χ2v) is 12.2. The number of amides is 1. The molecule has 0 aliphatic heterocycles. The Morgan fingerprint density at radius 2 is 1.60 bits per heavy atom. The number of hydroxylamine groups is 2. The molecule has 0 bridgehead atoms. The fourth-order valence-electron chi connectivity index (χ4n) is 1.85. The first-order valence-corrected chi connectivity index (χ1v) is 10.3. The van der Waals surface area contributed by atoms with Crippen LogP contribution in [0, 0.1) is 11.8 Å². The minimum Gasteiger partial charge on any atom is -0.413 e. The van der Waals surface area contributed by atoms with Crippen molar-refractivity contribution in [3.8, 4) is 0 Å². The van der Waals surface area contributed by atoms with E-state index >= 15 is 0 Å². The van der Waals surface area contributed by atoms with E-state index in [4.69, 9.17) is 9.26 Å². The summed E-state index contributed by atoms with van der Waals surface area (Å²) in [5.41, 5.74) is 0. The van der Waals surface area contributed by atoms with Gasteiger partial charge in [0.25, 0.3) is 5.91 Å². The van der Waals surface area contributed by atoms with E-state index in [1.165, 1.54) is 12.2 Å². The number of nitrogens with zero attached hydrogens (tertiary/aromatic N) is 1. The molecule has 4 nitrogen and oxygen atoms in total. The molecule has 0 saturated carbocycles. The van der Waals surface area contributed by atoms with Crippen LogP contribution in [0.4, 0.5) is 0 Å². The zero-order valence-electron chi connectivity index (χ0n) is 14.9. The van der Waals surface area contributed by atoms with Crippen molar-refractivity contribution in [2.75, 3.05) is 14.2 Å². The van der Waals surface area contributed by atoms with Gasteiger partial charge < -0.3 is 4.43 Å². The van der Waals surface area contributed by atoms with Gasteiger partial charge >= 0.3 is 0 Å². The Morgan fingerprint density at radius 1 is 1.15 bits per heavy atom. The highest BCUT2D eigenvalue weighted by Crippen LogP contribution is 2.39. The first-order chi connectivity index (χ1) is 8.85. The van der Waals surface area contributed by atoms with E-state index in [-0.39, 0.29) is 28.9 Å². The predicted molar refractivity (Wildman–Crippen MR) is 85.9 cm³/mol. The van der Waals surface area contributed by atoms with Crippen molar-refractivity contribution < 1.29 is 14.1 Å². The summed E-state index contributed by atoms with van der Waals surface area (Å²) in [4.78, 5) is 17.3. The van der Waals surface area contributed by atoms with Crippen LogP contribution in [0.1, 0.15) is 41.5 Å². The Labute approximate surface area is 125 Å². The maximum Gasteiger partial charge on any atom is 0.251 e. The first kappa shape index (κ1) is 19.6. The lowest BCUT2D eigenvalue weighted by atomic mass is 9.94. The number of carbonyl (C=O) groups is 1. The van der Waals surface area contributed by atoms with E-state index in [2.05, 4.69) is 47.7 Å². The molecule has 0 aromatic rings. The Bertz CT molecular complexity index is 324. The average molecular weight is 304 g/mol. The van der Waals surface area contributed by atoms with Crippen LogP contribution in [-0.4, -0.2) is 39.5 Å². The van der Waals surface area contributed by atoms with Gasteiger partial charge in [0.2, 0.25) is 0 Å². The van der Waals surface area contributed by atoms with Gasteiger partial charge in [-0.2, -0.15) is 0 Å². The summed E-state index contributed by atoms with van der Waals surface area (Å²) in [5, 5.41) is 1.42. The average Bonchev–Trinajstić information content (AvgIpc) is 2.31. The monoisotopic (exact) mass is 303 g/mol. The second-order valence-electron chi connectivity index (χ2n) is 7.39. The fraction of sp³-hybridized carbons (Fsp3) is 0.933. The van der Waals surface area contributed by atoms with Crippen LogP contribution in [0.25, 0.3) is 0 Å². The number of hydrogen-bond acceptors (Lipinski definition) is 3. The molecule has 2 atom stereocenters. The summed E-state index contributed by atoms with van der Waals surface area (Å²) < 4.78 is 6.48. The third-order valence-corrected chi connectivity index (χ3v) is 8.83. The van der Waals surface area contributed by atoms with Gasteiger partial charge in [0.15, 0.2) is 8.32 Å². The van der Waals surface area contributed by atoms with Crippen molar-refractivity contribution in [2.45, 2.75) is 65.8 Å². The Morgan fingerprint density at radius 3 is 1.90 bits per heavy atom. The zero-order chi connectivity index (χ0) is 16.3. The minimum atomic E-state index is -1.90. The maximum atomic E-state index is 12.3. The van der Waals surface area contributed by atoms with Crippen LogP contribution < -0.4 is 0 Å². The summed E-state index contributed by atoms with van der Waals surface area (Å²) in [6.45, 7) is 17.2. The van der Waals surface area contributed by atoms with Gasteiger partial charge in [0, 0.05) is 7.05 Å². The lowest BCUT2D eigenvalue weighted by molar-refractivity contribution is -0.176. The summed E-state index contributed by atoms with van der Waals surface area (Å²) in [7, 11) is 1.25. The van der Waals surface area contributed by atoms with Gasteiger partial charge in [-0.3, -0.25) is 9.63 Å². The highest BCUT2D eigenvalue weighted by molar-refractivity contribution is 6.74. The van der Waals surface area contributed by atoms with E-state index < -0.39 is 8.32 Å². The molecular weight excluding hydrogens is 270 g/mol. The second kappa shape index (κ2) is 7.05. The molecule has 0 heterocycles. The van der Waals surface area contributed by atoms with Gasteiger partial charge in [-0.25, -0.2) is 5.06 Å². The molecule has 0 spiro atoms. The molecule has 0 aliphatic rings. The van der Waals surface area contributed by atoms with Crippen molar-refractivity contribution in [1.82, 2.24) is 5.06 Å². The lowest BCUT2D eigenvalue weighted by Gasteiger charge is -2.42. The van der Waals surface area contributed by atoms with Crippen LogP contribution >= 0.6 is 0 Å². The normalized spacial score (nSPS) is 16.1. The largest absolute Gasteiger partial charge is 0.413 e. The molecular formula is C15H33NO3Si. The summed E-state index contributed by atoms with van der Waals surface area (Å²) in [6, 6.07) is 0. The van der Waals surface area contributed by atoms with Crippen LogP contribution in [-0.2, 0) is 14.1 Å². The lowest BCUT2D eigenvalue weighted by Crippen LogP contribution is -2.49. The molecule has 5 heteroatoms. The standard InChI is InChI=1S/C15H33NO3Si/c1-11(2)13(12(3)14(17)16(7)18-8)19-20(9,10)15(4,5)6/h11-13H,1-10H3. The van der Waals surface area contributed by atoms with Crippen molar-refractivity contribution in [1.29, 1.82) is 0 Å². The summed E-state index contributed by atoms with van der Waals surface area (Å²) >= 11 is 0. The third-order valence-electron chi connectivity index (χ3n) is 4.36. The molecule has 0 radical (unpaired) electrons. The fourth-order valence-corrected chi connectivity index (χ4v) is 3.36. The number of carbonyl (C=O) groups excluding carboxylic acids is 1. The molecule has 120 valence electrons. The van der Waals surface area contributed by atoms with Crippen LogP contribution in [0.15, 0.2) is 0 Å². The summed E-state index contributed by atoms with van der Waals surface area (Å²) in [6.07, 6.45) is -0.0824. The molecule has 0 saturated heterocycles. The van der Waals surface area contributed by atoms with Gasteiger partial charge in [-0.1, -0.05) is 41.5 Å². The maximum absolute atomic E-state index is 12.3. The Balaban J connectivity index is 5.14. The molecule has 20 heavy (non-hydrogen) atoms. The molecule has 0 aliphatic carbocycles. The van der Waals surface area contributed by atoms with E-state index in [0.717, 1.165) is 0 Å². The van der Waals surface area contributed by atoms with Gasteiger partial charge in [-0.05, 0) is 24.1 Å². The minimum absolute atomic E-state index is 0.0371. The molecule has 2 unspecified atom stereocenters. The smallest absolute Gasteiger partial charge is 0.251 e. The first-order valence-electron chi connectivity index (χ1n) is 7.34. The van der Waals surface area contributed by atoms with Crippen molar-refractivity contribution in [2.24, 2.45) is 11.8 Å². The van der Waals surface area contributed by atoms with Crippen LogP contribution in [0.2, 0.25) is 18.1 Å². The van der Waals surface area contributed by atoms with Gasteiger partial charge in [-0.15, -0.1) is 0 Å². The van der Waals surface area contributed by atoms with Crippen molar-refractivity contribution in [3.05, 3.63) is 0 Å². The SMILES string of the molecule is CON(C)C(=O)C(C)C(O[Si](C)(C)C(C)(C)C)C(C)C. The highest BCUT2D eigenvalue weighted by atomic mass is 28.4. The van der Waals surface area contributed by atoms with Crippen molar-refractivity contribution in [3.63, 3.8) is 0 Å². The topological polar surface area (TPSA) is 38.8 Å². The van der Waals surface area contributed by atoms with E-state index in [0.29, 0.717) is 0 Å². The zero-order valence-corrected chi connectivity index (χ0v) is 15.9. The summed E-state index contributed by atoms with van der Waals surface area (Å²) in [5.74, 6) is 0.0346. The highest BCUT2D eigenvalue weighted by Gasteiger charge is 2.42. The number of rotatable bonds is 6. The molecule has 1 amide bonds. The van der Waals surface area contributed by atoms with E-state index in [9.17, 15) is 4.79 Å². The Kier molecular flexibility index (Phi) is 6.91. The van der Waals surface area contributed by atoms with Gasteiger partial charge in [0.1, 0.15) is 0 Å². The molecule has 0 aromatic heterocycles. The molecule has 0 N–H and O–H groups in total. The van der Waals surface area contributed by atoms with Gasteiger partial charge in [0.05, 0.1) is 19.1 Å². The third kappa shape index (κ3) is 4.86. The van der Waals surface area contributed by atoms with E-state index in [1.807, 2.05) is 6.92 Å². The number of hydrogen-bond donors (Lipinski definition) is 0. The molecule has 0 aromatic carbocycles. The quantitative estimate of drug-likeness (QED) is 0.555.